The van der Waals surface area contributed by atoms with Crippen molar-refractivity contribution in [2.45, 2.75) is 38.7 Å². The van der Waals surface area contributed by atoms with Gasteiger partial charge in [0.15, 0.2) is 11.5 Å². The van der Waals surface area contributed by atoms with E-state index in [-0.39, 0.29) is 24.1 Å². The van der Waals surface area contributed by atoms with Crippen molar-refractivity contribution in [1.82, 2.24) is 10.5 Å². The van der Waals surface area contributed by atoms with Gasteiger partial charge in [-0.1, -0.05) is 30.5 Å². The van der Waals surface area contributed by atoms with E-state index in [0.717, 1.165) is 0 Å². The molecule has 1 aromatic carbocycles. The monoisotopic (exact) mass is 439 g/mol. The maximum Gasteiger partial charge on any atom is 0.273 e. The molecule has 1 saturated carbocycles. The number of ether oxygens (including phenoxy) is 1. The first-order chi connectivity index (χ1) is 15.2. The molecule has 7 nitrogen and oxygen atoms in total. The molecule has 8 heteroatoms. The number of anilines is 1. The van der Waals surface area contributed by atoms with Gasteiger partial charge in [0.1, 0.15) is 12.4 Å². The summed E-state index contributed by atoms with van der Waals surface area (Å²) in [5, 5.41) is 11.5. The normalized spacial score (nSPS) is 14.2. The third kappa shape index (κ3) is 5.95. The van der Waals surface area contributed by atoms with Crippen molar-refractivity contribution in [3.05, 3.63) is 64.2 Å². The molecule has 2 aromatic heterocycles. The molecule has 162 valence electrons. The molecular weight excluding hydrogens is 414 g/mol. The standard InChI is InChI=1S/C23H25N3O4S/c27-22(24-14-16-5-2-1-3-6-16)20-13-19(30-26-20)15-29-18-10-8-17(9-11-18)25-23(28)21-7-4-12-31-21/h4,7-13,16H,1-3,5-6,14-15H2,(H,24,27)(H,25,28). The summed E-state index contributed by atoms with van der Waals surface area (Å²) in [6.07, 6.45) is 6.13. The van der Waals surface area contributed by atoms with Gasteiger partial charge in [0.25, 0.3) is 11.8 Å². The van der Waals surface area contributed by atoms with Crippen LogP contribution in [0.1, 0.15) is 58.0 Å². The topological polar surface area (TPSA) is 93.5 Å². The van der Waals surface area contributed by atoms with Gasteiger partial charge < -0.3 is 19.9 Å². The molecule has 1 aliphatic carbocycles. The van der Waals surface area contributed by atoms with Crippen LogP contribution in [0.3, 0.4) is 0 Å². The van der Waals surface area contributed by atoms with E-state index in [1.54, 1.807) is 36.4 Å². The fourth-order valence-electron chi connectivity index (χ4n) is 3.60. The lowest BCUT2D eigenvalue weighted by Gasteiger charge is -2.21. The zero-order valence-corrected chi connectivity index (χ0v) is 18.0. The van der Waals surface area contributed by atoms with Gasteiger partial charge in [0, 0.05) is 18.3 Å². The lowest BCUT2D eigenvalue weighted by molar-refractivity contribution is 0.0933. The van der Waals surface area contributed by atoms with E-state index in [9.17, 15) is 9.59 Å². The number of thiophene rings is 1. The minimum Gasteiger partial charge on any atom is -0.486 e. The summed E-state index contributed by atoms with van der Waals surface area (Å²) in [6.45, 7) is 0.844. The Morgan fingerprint density at radius 2 is 1.90 bits per heavy atom. The van der Waals surface area contributed by atoms with Crippen molar-refractivity contribution in [2.75, 3.05) is 11.9 Å². The average molecular weight is 440 g/mol. The molecule has 3 aromatic rings. The van der Waals surface area contributed by atoms with Crippen LogP contribution >= 0.6 is 11.3 Å². The van der Waals surface area contributed by atoms with Crippen LogP contribution in [0, 0.1) is 5.92 Å². The van der Waals surface area contributed by atoms with Crippen LogP contribution in [0.25, 0.3) is 0 Å². The van der Waals surface area contributed by atoms with Crippen LogP contribution in [0.15, 0.2) is 52.4 Å². The van der Waals surface area contributed by atoms with Crippen molar-refractivity contribution in [3.8, 4) is 5.75 Å². The number of carbonyl (C=O) groups is 2. The summed E-state index contributed by atoms with van der Waals surface area (Å²) in [6, 6.07) is 12.3. The van der Waals surface area contributed by atoms with E-state index in [1.807, 2.05) is 11.4 Å². The smallest absolute Gasteiger partial charge is 0.273 e. The molecule has 0 spiro atoms. The number of rotatable bonds is 8. The first-order valence-electron chi connectivity index (χ1n) is 10.5. The highest BCUT2D eigenvalue weighted by Crippen LogP contribution is 2.23. The maximum absolute atomic E-state index is 12.3. The largest absolute Gasteiger partial charge is 0.486 e. The molecule has 0 atom stereocenters. The van der Waals surface area contributed by atoms with Gasteiger partial charge in [-0.2, -0.15) is 0 Å². The van der Waals surface area contributed by atoms with E-state index < -0.39 is 0 Å². The van der Waals surface area contributed by atoms with E-state index in [0.29, 0.717) is 34.5 Å². The molecule has 0 unspecified atom stereocenters. The highest BCUT2D eigenvalue weighted by atomic mass is 32.1. The first-order valence-corrected chi connectivity index (χ1v) is 11.4. The second-order valence-electron chi connectivity index (χ2n) is 7.64. The highest BCUT2D eigenvalue weighted by molar-refractivity contribution is 7.12. The summed E-state index contributed by atoms with van der Waals surface area (Å²) < 4.78 is 10.9. The van der Waals surface area contributed by atoms with Gasteiger partial charge in [-0.05, 0) is 54.5 Å². The van der Waals surface area contributed by atoms with Gasteiger partial charge in [0.05, 0.1) is 4.88 Å². The Morgan fingerprint density at radius 1 is 1.10 bits per heavy atom. The number of hydrogen-bond donors (Lipinski definition) is 2. The fraction of sp³-hybridized carbons (Fsp3) is 0.348. The Balaban J connectivity index is 1.23. The predicted molar refractivity (Wildman–Crippen MR) is 118 cm³/mol. The predicted octanol–water partition coefficient (Wildman–Crippen LogP) is 4.88. The van der Waals surface area contributed by atoms with Crippen molar-refractivity contribution in [3.63, 3.8) is 0 Å². The number of aromatic nitrogens is 1. The minimum atomic E-state index is -0.216. The summed E-state index contributed by atoms with van der Waals surface area (Å²) in [7, 11) is 0. The van der Waals surface area contributed by atoms with Gasteiger partial charge in [-0.3, -0.25) is 9.59 Å². The lowest BCUT2D eigenvalue weighted by atomic mass is 9.89. The summed E-state index contributed by atoms with van der Waals surface area (Å²) in [5.74, 6) is 1.29. The minimum absolute atomic E-state index is 0.139. The number of amides is 2. The van der Waals surface area contributed by atoms with Crippen molar-refractivity contribution in [1.29, 1.82) is 0 Å². The van der Waals surface area contributed by atoms with E-state index in [4.69, 9.17) is 9.26 Å². The Bertz CT molecular complexity index is 992. The van der Waals surface area contributed by atoms with Gasteiger partial charge in [0.2, 0.25) is 0 Å². The Kier molecular flexibility index (Phi) is 6.99. The third-order valence-electron chi connectivity index (χ3n) is 5.31. The van der Waals surface area contributed by atoms with Crippen molar-refractivity contribution >= 4 is 28.8 Å². The molecule has 2 amide bonds. The quantitative estimate of drug-likeness (QED) is 0.522. The SMILES string of the molecule is O=C(NCC1CCCCC1)c1cc(COc2ccc(NC(=O)c3cccs3)cc2)on1. The molecule has 0 bridgehead atoms. The van der Waals surface area contributed by atoms with Crippen LogP contribution in [-0.2, 0) is 6.61 Å². The molecule has 2 heterocycles. The Labute approximate surface area is 184 Å². The molecule has 2 N–H and O–H groups in total. The summed E-state index contributed by atoms with van der Waals surface area (Å²) in [4.78, 5) is 25.0. The van der Waals surface area contributed by atoms with Gasteiger partial charge >= 0.3 is 0 Å². The number of hydrogen-bond acceptors (Lipinski definition) is 6. The van der Waals surface area contributed by atoms with Crippen LogP contribution in [0.2, 0.25) is 0 Å². The molecule has 31 heavy (non-hydrogen) atoms. The lowest BCUT2D eigenvalue weighted by Crippen LogP contribution is -2.30. The first kappa shape index (κ1) is 21.1. The summed E-state index contributed by atoms with van der Waals surface area (Å²) >= 11 is 1.39. The molecular formula is C23H25N3O4S. The molecule has 4 rings (SSSR count). The zero-order chi connectivity index (χ0) is 21.5. The van der Waals surface area contributed by atoms with Crippen LogP contribution in [-0.4, -0.2) is 23.5 Å². The fourth-order valence-corrected chi connectivity index (χ4v) is 4.22. The number of nitrogens with one attached hydrogen (secondary N) is 2. The molecule has 0 aliphatic heterocycles. The summed E-state index contributed by atoms with van der Waals surface area (Å²) in [5.41, 5.74) is 0.948. The second-order valence-corrected chi connectivity index (χ2v) is 8.58. The second kappa shape index (κ2) is 10.3. The van der Waals surface area contributed by atoms with Gasteiger partial charge in [-0.25, -0.2) is 0 Å². The molecule has 1 aliphatic rings. The van der Waals surface area contributed by atoms with Crippen LogP contribution in [0.5, 0.6) is 5.75 Å². The van der Waals surface area contributed by atoms with Crippen LogP contribution in [0.4, 0.5) is 5.69 Å². The van der Waals surface area contributed by atoms with Gasteiger partial charge in [-0.15, -0.1) is 11.3 Å². The Morgan fingerprint density at radius 3 is 2.65 bits per heavy atom. The third-order valence-corrected chi connectivity index (χ3v) is 6.17. The number of carbonyl (C=O) groups excluding carboxylic acids is 2. The molecule has 1 fully saturated rings. The average Bonchev–Trinajstić information content (AvgIpc) is 3.50. The Hall–Kier alpha value is -3.13. The zero-order valence-electron chi connectivity index (χ0n) is 17.1. The van der Waals surface area contributed by atoms with E-state index in [2.05, 4.69) is 15.8 Å². The highest BCUT2D eigenvalue weighted by Gasteiger charge is 2.17. The van der Waals surface area contributed by atoms with Crippen molar-refractivity contribution < 1.29 is 18.8 Å². The van der Waals surface area contributed by atoms with E-state index >= 15 is 0 Å². The molecule has 0 radical (unpaired) electrons. The van der Waals surface area contributed by atoms with Crippen molar-refractivity contribution in [2.24, 2.45) is 5.92 Å². The van der Waals surface area contributed by atoms with Crippen LogP contribution < -0.4 is 15.4 Å². The number of benzene rings is 1. The number of nitrogens with zero attached hydrogens (tertiary/aromatic N) is 1. The maximum atomic E-state index is 12.3. The van der Waals surface area contributed by atoms with E-state index in [1.165, 1.54) is 43.4 Å². The molecule has 0 saturated heterocycles.